The molecule has 0 saturated heterocycles. The van der Waals surface area contributed by atoms with E-state index < -0.39 is 10.9 Å². The summed E-state index contributed by atoms with van der Waals surface area (Å²) >= 11 is 6.00. The van der Waals surface area contributed by atoms with Gasteiger partial charge < -0.3 is 4.74 Å². The molecule has 0 radical (unpaired) electrons. The zero-order chi connectivity index (χ0) is 17.9. The van der Waals surface area contributed by atoms with Gasteiger partial charge in [0.05, 0.1) is 11.5 Å². The monoisotopic (exact) mass is 351 g/mol. The Balaban J connectivity index is 2.64. The van der Waals surface area contributed by atoms with E-state index in [2.05, 4.69) is 5.10 Å². The lowest BCUT2D eigenvalue weighted by Crippen LogP contribution is -2.25. The van der Waals surface area contributed by atoms with Crippen molar-refractivity contribution in [3.63, 3.8) is 0 Å². The molecule has 0 saturated carbocycles. The van der Waals surface area contributed by atoms with E-state index >= 15 is 0 Å². The quantitative estimate of drug-likeness (QED) is 0.466. The first-order valence-electron chi connectivity index (χ1n) is 7.51. The van der Waals surface area contributed by atoms with Crippen LogP contribution in [-0.2, 0) is 9.53 Å². The molecule has 1 heterocycles. The van der Waals surface area contributed by atoms with Crippen molar-refractivity contribution < 1.29 is 14.5 Å². The number of hydrazone groups is 1. The first-order valence-corrected chi connectivity index (χ1v) is 7.89. The summed E-state index contributed by atoms with van der Waals surface area (Å²) in [7, 11) is 0. The van der Waals surface area contributed by atoms with Crippen molar-refractivity contribution in [1.82, 2.24) is 0 Å². The average molecular weight is 352 g/mol. The van der Waals surface area contributed by atoms with Gasteiger partial charge in [-0.05, 0) is 38.3 Å². The Labute approximate surface area is 144 Å². The maximum absolute atomic E-state index is 12.3. The van der Waals surface area contributed by atoms with E-state index in [1.165, 1.54) is 23.2 Å². The van der Waals surface area contributed by atoms with Crippen LogP contribution in [0.3, 0.4) is 0 Å². The fourth-order valence-corrected chi connectivity index (χ4v) is 2.40. The third-order valence-corrected chi connectivity index (χ3v) is 3.95. The van der Waals surface area contributed by atoms with Gasteiger partial charge in [0.15, 0.2) is 0 Å². The number of esters is 1. The zero-order valence-electron chi connectivity index (χ0n) is 13.7. The van der Waals surface area contributed by atoms with Crippen LogP contribution in [0.15, 0.2) is 35.1 Å². The molecule has 1 unspecified atom stereocenters. The third-order valence-electron chi connectivity index (χ3n) is 3.71. The highest BCUT2D eigenvalue weighted by molar-refractivity contribution is 6.31. The first-order chi connectivity index (χ1) is 11.3. The topological polar surface area (TPSA) is 85.0 Å². The van der Waals surface area contributed by atoms with E-state index in [9.17, 15) is 14.9 Å². The van der Waals surface area contributed by atoms with Crippen LogP contribution in [-0.4, -0.2) is 23.2 Å². The molecule has 1 aliphatic rings. The van der Waals surface area contributed by atoms with Gasteiger partial charge in [-0.3, -0.25) is 10.1 Å². The molecule has 8 heteroatoms. The Morgan fingerprint density at radius 3 is 2.88 bits per heavy atom. The molecular formula is C16H18ClN3O4. The molecular weight excluding hydrogens is 334 g/mol. The molecule has 0 amide bonds. The summed E-state index contributed by atoms with van der Waals surface area (Å²) in [6, 6.07) is 4.13. The Morgan fingerprint density at radius 1 is 1.54 bits per heavy atom. The highest BCUT2D eigenvalue weighted by Crippen LogP contribution is 2.35. The predicted molar refractivity (Wildman–Crippen MR) is 92.2 cm³/mol. The maximum atomic E-state index is 12.3. The minimum absolute atomic E-state index is 0.0951. The van der Waals surface area contributed by atoms with E-state index in [4.69, 9.17) is 16.3 Å². The van der Waals surface area contributed by atoms with Crippen LogP contribution in [0.25, 0.3) is 0 Å². The lowest BCUT2D eigenvalue weighted by molar-refractivity contribution is -0.384. The second-order valence-electron chi connectivity index (χ2n) is 5.39. The molecule has 0 aliphatic carbocycles. The van der Waals surface area contributed by atoms with Crippen LogP contribution in [0.2, 0.25) is 5.02 Å². The van der Waals surface area contributed by atoms with Crippen molar-refractivity contribution >= 4 is 34.7 Å². The molecule has 0 fully saturated rings. The van der Waals surface area contributed by atoms with Crippen LogP contribution in [0, 0.1) is 16.0 Å². The second kappa shape index (κ2) is 7.44. The third kappa shape index (κ3) is 3.73. The number of anilines is 1. The summed E-state index contributed by atoms with van der Waals surface area (Å²) < 4.78 is 5.07. The predicted octanol–water partition coefficient (Wildman–Crippen LogP) is 3.92. The number of rotatable bonds is 4. The van der Waals surface area contributed by atoms with E-state index in [1.807, 2.05) is 13.8 Å². The minimum Gasteiger partial charge on any atom is -0.461 e. The number of nitro benzene ring substituents is 1. The molecule has 0 spiro atoms. The minimum atomic E-state index is -0.586. The Bertz CT molecular complexity index is 730. The molecule has 0 bridgehead atoms. The van der Waals surface area contributed by atoms with Crippen LogP contribution < -0.4 is 5.01 Å². The zero-order valence-corrected chi connectivity index (χ0v) is 14.4. The van der Waals surface area contributed by atoms with E-state index in [-0.39, 0.29) is 29.6 Å². The lowest BCUT2D eigenvalue weighted by Gasteiger charge is -2.21. The summed E-state index contributed by atoms with van der Waals surface area (Å²) in [5, 5.41) is 17.3. The van der Waals surface area contributed by atoms with Crippen molar-refractivity contribution in [3.8, 4) is 0 Å². The van der Waals surface area contributed by atoms with Gasteiger partial charge >= 0.3 is 5.97 Å². The van der Waals surface area contributed by atoms with Gasteiger partial charge in [0.1, 0.15) is 11.4 Å². The van der Waals surface area contributed by atoms with Gasteiger partial charge in [-0.1, -0.05) is 24.6 Å². The molecule has 24 heavy (non-hydrogen) atoms. The maximum Gasteiger partial charge on any atom is 0.356 e. The molecule has 128 valence electrons. The summed E-state index contributed by atoms with van der Waals surface area (Å²) in [5.41, 5.74) is 0.826. The first kappa shape index (κ1) is 17.9. The number of carbonyl (C=O) groups is 1. The second-order valence-corrected chi connectivity index (χ2v) is 5.83. The number of hydrogen-bond donors (Lipinski definition) is 0. The highest BCUT2D eigenvalue weighted by Gasteiger charge is 2.29. The Kier molecular flexibility index (Phi) is 5.56. The summed E-state index contributed by atoms with van der Waals surface area (Å²) in [5.74, 6) is -0.491. The number of benzene rings is 1. The highest BCUT2D eigenvalue weighted by atomic mass is 35.5. The van der Waals surface area contributed by atoms with Crippen molar-refractivity contribution in [2.75, 3.05) is 11.6 Å². The van der Waals surface area contributed by atoms with Crippen molar-refractivity contribution in [2.24, 2.45) is 11.0 Å². The molecule has 2 rings (SSSR count). The van der Waals surface area contributed by atoms with Crippen LogP contribution in [0.1, 0.15) is 27.2 Å². The molecule has 1 aromatic carbocycles. The number of ether oxygens (including phenoxy) is 1. The van der Waals surface area contributed by atoms with Gasteiger partial charge in [0.25, 0.3) is 5.69 Å². The molecule has 1 aromatic rings. The van der Waals surface area contributed by atoms with E-state index in [0.717, 1.165) is 5.71 Å². The number of hydrogen-bond acceptors (Lipinski definition) is 6. The fraction of sp³-hybridized carbons (Fsp3) is 0.375. The smallest absolute Gasteiger partial charge is 0.356 e. The normalized spacial score (nSPS) is 17.7. The number of halogens is 1. The molecule has 7 nitrogen and oxygen atoms in total. The van der Waals surface area contributed by atoms with Crippen LogP contribution in [0.5, 0.6) is 0 Å². The van der Waals surface area contributed by atoms with Gasteiger partial charge in [-0.2, -0.15) is 5.10 Å². The van der Waals surface area contributed by atoms with Crippen LogP contribution >= 0.6 is 11.6 Å². The number of allylic oxidation sites excluding steroid dienone is 1. The molecule has 0 N–H and O–H groups in total. The van der Waals surface area contributed by atoms with E-state index in [1.54, 1.807) is 13.0 Å². The largest absolute Gasteiger partial charge is 0.461 e. The standard InChI is InChI=1S/C16H18ClN3O4/c1-4-24-16(21)14-7-5-10(2)11(3)18-19(14)15-9-12(17)6-8-13(15)20(22)23/h6-10H,4-5H2,1-3H3. The summed E-state index contributed by atoms with van der Waals surface area (Å²) in [4.78, 5) is 23.1. The van der Waals surface area contributed by atoms with Crippen molar-refractivity contribution in [3.05, 3.63) is 45.1 Å². The summed E-state index contributed by atoms with van der Waals surface area (Å²) in [6.07, 6.45) is 2.27. The molecule has 1 atom stereocenters. The number of nitrogens with zero attached hydrogens (tertiary/aromatic N) is 3. The lowest BCUT2D eigenvalue weighted by atomic mass is 10.0. The summed E-state index contributed by atoms with van der Waals surface area (Å²) in [6.45, 7) is 5.67. The van der Waals surface area contributed by atoms with Crippen LogP contribution in [0.4, 0.5) is 11.4 Å². The molecule has 0 aromatic heterocycles. The van der Waals surface area contributed by atoms with Crippen molar-refractivity contribution in [1.29, 1.82) is 0 Å². The Morgan fingerprint density at radius 2 is 2.25 bits per heavy atom. The van der Waals surface area contributed by atoms with Gasteiger partial charge in [-0.15, -0.1) is 0 Å². The number of carbonyl (C=O) groups excluding carboxylic acids is 1. The van der Waals surface area contributed by atoms with Gasteiger partial charge in [-0.25, -0.2) is 9.80 Å². The van der Waals surface area contributed by atoms with Crippen molar-refractivity contribution in [2.45, 2.75) is 27.2 Å². The average Bonchev–Trinajstić information content (AvgIpc) is 2.67. The SMILES string of the molecule is CCOC(=O)C1=CCC(C)C(C)=NN1c1cc(Cl)ccc1[N+](=O)[O-]. The van der Waals surface area contributed by atoms with E-state index in [0.29, 0.717) is 11.4 Å². The fourth-order valence-electron chi connectivity index (χ4n) is 2.23. The molecule has 1 aliphatic heterocycles. The number of nitro groups is 1. The van der Waals surface area contributed by atoms with Gasteiger partial charge in [0, 0.05) is 16.8 Å². The Hall–Kier alpha value is -2.41. The van der Waals surface area contributed by atoms with Gasteiger partial charge in [0.2, 0.25) is 0 Å².